The number of nitrogens with zero attached hydrogens (tertiary/aromatic N) is 1. The smallest absolute Gasteiger partial charge is 0.234 e. The molecule has 0 saturated carbocycles. The molecule has 0 amide bonds. The normalized spacial score (nSPS) is 11.3. The zero-order valence-corrected chi connectivity index (χ0v) is 9.21. The van der Waals surface area contributed by atoms with Gasteiger partial charge in [0.05, 0.1) is 11.4 Å². The Morgan fingerprint density at radius 2 is 2.14 bits per heavy atom. The first-order chi connectivity index (χ1) is 6.61. The van der Waals surface area contributed by atoms with Crippen molar-refractivity contribution in [3.63, 3.8) is 0 Å². The summed E-state index contributed by atoms with van der Waals surface area (Å²) >= 11 is 0. The largest absolute Gasteiger partial charge is 0.271 e. The van der Waals surface area contributed by atoms with E-state index >= 15 is 0 Å². The molecule has 1 radical (unpaired) electrons. The van der Waals surface area contributed by atoms with Gasteiger partial charge in [0.25, 0.3) is 0 Å². The van der Waals surface area contributed by atoms with Gasteiger partial charge >= 0.3 is 0 Å². The molecule has 0 spiro atoms. The number of rotatable bonds is 4. The van der Waals surface area contributed by atoms with Crippen LogP contribution in [-0.2, 0) is 10.0 Å². The number of sulfonamides is 1. The molecule has 0 aliphatic rings. The van der Waals surface area contributed by atoms with Crippen LogP contribution in [0.2, 0.25) is 0 Å². The molecule has 14 heavy (non-hydrogen) atoms. The Kier molecular flexibility index (Phi) is 3.52. The van der Waals surface area contributed by atoms with Crippen LogP contribution in [0.1, 0.15) is 13.8 Å². The monoisotopic (exact) mass is 212 g/mol. The number of anilines is 1. The molecule has 4 heteroatoms. The quantitative estimate of drug-likeness (QED) is 0.761. The lowest BCUT2D eigenvalue weighted by molar-refractivity contribution is 0.593. The van der Waals surface area contributed by atoms with Gasteiger partial charge in [-0.2, -0.15) is 0 Å². The topological polar surface area (TPSA) is 37.4 Å². The highest BCUT2D eigenvalue weighted by Crippen LogP contribution is 2.16. The van der Waals surface area contributed by atoms with E-state index in [9.17, 15) is 8.42 Å². The molecule has 0 bridgehead atoms. The Hall–Kier alpha value is -1.03. The first-order valence-corrected chi connectivity index (χ1v) is 6.19. The standard InChI is InChI=1S/C10H14NO2S/c1-3-11(14(12,13)4-2)10-8-6-5-7-9-10/h5-6,8-9H,3-4H2,1-2H3. The zero-order chi connectivity index (χ0) is 10.6. The summed E-state index contributed by atoms with van der Waals surface area (Å²) in [5.41, 5.74) is 0.678. The molecule has 0 aliphatic carbocycles. The molecule has 0 fully saturated rings. The zero-order valence-electron chi connectivity index (χ0n) is 8.40. The lowest BCUT2D eigenvalue weighted by Crippen LogP contribution is -2.31. The molecular formula is C10H14NO2S. The Balaban J connectivity index is 3.06. The van der Waals surface area contributed by atoms with Crippen LogP contribution >= 0.6 is 0 Å². The number of hydrogen-bond acceptors (Lipinski definition) is 2. The summed E-state index contributed by atoms with van der Waals surface area (Å²) in [5, 5.41) is 0. The van der Waals surface area contributed by atoms with E-state index < -0.39 is 10.0 Å². The average molecular weight is 212 g/mol. The third-order valence-electron chi connectivity index (χ3n) is 1.97. The fourth-order valence-electron chi connectivity index (χ4n) is 1.23. The Morgan fingerprint density at radius 3 is 2.57 bits per heavy atom. The van der Waals surface area contributed by atoms with E-state index in [1.165, 1.54) is 4.31 Å². The van der Waals surface area contributed by atoms with Crippen molar-refractivity contribution in [2.24, 2.45) is 0 Å². The SMILES string of the molecule is CCN(c1c[c]ccc1)S(=O)(=O)CC. The average Bonchev–Trinajstić information content (AvgIpc) is 2.20. The lowest BCUT2D eigenvalue weighted by atomic mass is 10.3. The molecule has 0 aliphatic heterocycles. The lowest BCUT2D eigenvalue weighted by Gasteiger charge is -2.21. The maximum atomic E-state index is 11.6. The summed E-state index contributed by atoms with van der Waals surface area (Å²) in [4.78, 5) is 0. The Morgan fingerprint density at radius 1 is 1.43 bits per heavy atom. The van der Waals surface area contributed by atoms with Crippen molar-refractivity contribution in [3.8, 4) is 0 Å². The van der Waals surface area contributed by atoms with Crippen molar-refractivity contribution in [2.75, 3.05) is 16.6 Å². The van der Waals surface area contributed by atoms with Gasteiger partial charge in [-0.3, -0.25) is 4.31 Å². The fraction of sp³-hybridized carbons (Fsp3) is 0.400. The van der Waals surface area contributed by atoms with Gasteiger partial charge in [-0.1, -0.05) is 12.1 Å². The highest BCUT2D eigenvalue weighted by Gasteiger charge is 2.17. The molecule has 1 aromatic rings. The predicted octanol–water partition coefficient (Wildman–Crippen LogP) is 1.66. The molecule has 0 aromatic heterocycles. The fourth-order valence-corrected chi connectivity index (χ4v) is 2.37. The van der Waals surface area contributed by atoms with E-state index in [2.05, 4.69) is 6.07 Å². The summed E-state index contributed by atoms with van der Waals surface area (Å²) in [6.07, 6.45) is 0. The maximum Gasteiger partial charge on any atom is 0.234 e. The summed E-state index contributed by atoms with van der Waals surface area (Å²) in [6, 6.07) is 9.84. The molecule has 0 saturated heterocycles. The van der Waals surface area contributed by atoms with Crippen LogP contribution in [0.4, 0.5) is 5.69 Å². The van der Waals surface area contributed by atoms with Gasteiger partial charge in [-0.15, -0.1) is 0 Å². The number of benzene rings is 1. The number of hydrogen-bond donors (Lipinski definition) is 0. The molecular weight excluding hydrogens is 198 g/mol. The summed E-state index contributed by atoms with van der Waals surface area (Å²) in [7, 11) is -3.15. The van der Waals surface area contributed by atoms with E-state index in [1.54, 1.807) is 31.2 Å². The van der Waals surface area contributed by atoms with Crippen LogP contribution in [0.3, 0.4) is 0 Å². The molecule has 0 heterocycles. The highest BCUT2D eigenvalue weighted by atomic mass is 32.2. The van der Waals surface area contributed by atoms with E-state index in [-0.39, 0.29) is 5.75 Å². The van der Waals surface area contributed by atoms with E-state index in [0.717, 1.165) is 0 Å². The first-order valence-electron chi connectivity index (χ1n) is 4.58. The first kappa shape index (κ1) is 11.0. The summed E-state index contributed by atoms with van der Waals surface area (Å²) in [5.74, 6) is 0.121. The molecule has 0 unspecified atom stereocenters. The van der Waals surface area contributed by atoms with Crippen LogP contribution in [0, 0.1) is 6.07 Å². The minimum Gasteiger partial charge on any atom is -0.271 e. The Bertz CT molecular complexity index is 372. The molecule has 77 valence electrons. The summed E-state index contributed by atoms with van der Waals surface area (Å²) < 4.78 is 24.7. The Labute approximate surface area is 85.4 Å². The van der Waals surface area contributed by atoms with Crippen molar-refractivity contribution in [1.82, 2.24) is 0 Å². The maximum absolute atomic E-state index is 11.6. The van der Waals surface area contributed by atoms with Crippen LogP contribution < -0.4 is 4.31 Å². The second-order valence-electron chi connectivity index (χ2n) is 2.83. The summed E-state index contributed by atoms with van der Waals surface area (Å²) in [6.45, 7) is 3.92. The van der Waals surface area contributed by atoms with Crippen molar-refractivity contribution in [2.45, 2.75) is 13.8 Å². The van der Waals surface area contributed by atoms with Gasteiger partial charge in [-0.05, 0) is 32.0 Å². The highest BCUT2D eigenvalue weighted by molar-refractivity contribution is 7.92. The molecule has 0 N–H and O–H groups in total. The van der Waals surface area contributed by atoms with Crippen molar-refractivity contribution in [1.29, 1.82) is 0 Å². The van der Waals surface area contributed by atoms with Gasteiger partial charge in [0.15, 0.2) is 0 Å². The van der Waals surface area contributed by atoms with Crippen LogP contribution in [0.15, 0.2) is 24.3 Å². The van der Waals surface area contributed by atoms with Crippen LogP contribution in [-0.4, -0.2) is 20.7 Å². The minimum absolute atomic E-state index is 0.121. The van der Waals surface area contributed by atoms with Gasteiger partial charge < -0.3 is 0 Å². The molecule has 3 nitrogen and oxygen atoms in total. The third kappa shape index (κ3) is 2.26. The molecule has 1 aromatic carbocycles. The van der Waals surface area contributed by atoms with Crippen LogP contribution in [0.25, 0.3) is 0 Å². The van der Waals surface area contributed by atoms with Crippen molar-refractivity contribution in [3.05, 3.63) is 30.3 Å². The second-order valence-corrected chi connectivity index (χ2v) is 5.01. The van der Waals surface area contributed by atoms with Gasteiger partial charge in [0.2, 0.25) is 10.0 Å². The van der Waals surface area contributed by atoms with Gasteiger partial charge in [-0.25, -0.2) is 8.42 Å². The third-order valence-corrected chi connectivity index (χ3v) is 3.84. The van der Waals surface area contributed by atoms with E-state index in [1.807, 2.05) is 6.92 Å². The van der Waals surface area contributed by atoms with Crippen molar-refractivity contribution >= 4 is 15.7 Å². The van der Waals surface area contributed by atoms with E-state index in [0.29, 0.717) is 12.2 Å². The van der Waals surface area contributed by atoms with Gasteiger partial charge in [0, 0.05) is 6.54 Å². The van der Waals surface area contributed by atoms with E-state index in [4.69, 9.17) is 0 Å². The van der Waals surface area contributed by atoms with Crippen LogP contribution in [0.5, 0.6) is 0 Å². The van der Waals surface area contributed by atoms with Gasteiger partial charge in [0.1, 0.15) is 0 Å². The minimum atomic E-state index is -3.15. The predicted molar refractivity (Wildman–Crippen MR) is 57.8 cm³/mol. The molecule has 0 atom stereocenters. The molecule has 1 rings (SSSR count). The second kappa shape index (κ2) is 4.46. The van der Waals surface area contributed by atoms with Crippen molar-refractivity contribution < 1.29 is 8.42 Å².